The van der Waals surface area contributed by atoms with Crippen molar-refractivity contribution in [3.8, 4) is 11.3 Å². The first kappa shape index (κ1) is 37.2. The Bertz CT molecular complexity index is 2380. The van der Waals surface area contributed by atoms with Gasteiger partial charge in [-0.1, -0.05) is 30.3 Å². The molecule has 2 N–H and O–H groups in total. The molecule has 0 aliphatic carbocycles. The van der Waals surface area contributed by atoms with Crippen LogP contribution >= 0.6 is 0 Å². The summed E-state index contributed by atoms with van der Waals surface area (Å²) in [6.45, 7) is 5.59. The highest BCUT2D eigenvalue weighted by molar-refractivity contribution is 6.05. The van der Waals surface area contributed by atoms with E-state index in [4.69, 9.17) is 0 Å². The van der Waals surface area contributed by atoms with Crippen LogP contribution in [0.3, 0.4) is 0 Å². The summed E-state index contributed by atoms with van der Waals surface area (Å²) in [6.07, 6.45) is 0.874. The number of nitrogens with one attached hydrogen (secondary N) is 2. The Labute approximate surface area is 320 Å². The quantitative estimate of drug-likeness (QED) is 0.117. The van der Waals surface area contributed by atoms with E-state index >= 15 is 8.78 Å². The second kappa shape index (κ2) is 15.1. The Hall–Kier alpha value is -5.76. The van der Waals surface area contributed by atoms with E-state index in [1.807, 2.05) is 12.1 Å². The number of aryl methyl sites for hydroxylation is 1. The van der Waals surface area contributed by atoms with Crippen molar-refractivity contribution in [2.75, 3.05) is 18.4 Å². The molecule has 56 heavy (non-hydrogen) atoms. The van der Waals surface area contributed by atoms with Crippen LogP contribution in [0.15, 0.2) is 66.9 Å². The van der Waals surface area contributed by atoms with Crippen molar-refractivity contribution in [3.63, 3.8) is 0 Å². The van der Waals surface area contributed by atoms with E-state index in [0.717, 1.165) is 43.1 Å². The summed E-state index contributed by atoms with van der Waals surface area (Å²) in [4.78, 5) is 54.7. The monoisotopic (exact) mass is 765 g/mol. The van der Waals surface area contributed by atoms with Gasteiger partial charge in [0.2, 0.25) is 11.8 Å². The number of likely N-dealkylation sites (tertiary alicyclic amines) is 1. The highest BCUT2D eigenvalue weighted by atomic mass is 19.3. The number of fused-ring (bicyclic) bond motifs is 2. The molecule has 0 saturated carbocycles. The third kappa shape index (κ3) is 7.20. The molecule has 2 atom stereocenters. The van der Waals surface area contributed by atoms with Crippen LogP contribution in [-0.2, 0) is 22.7 Å². The minimum absolute atomic E-state index is 0.0795. The third-order valence-corrected chi connectivity index (χ3v) is 11.1. The summed E-state index contributed by atoms with van der Waals surface area (Å²) < 4.78 is 57.1. The molecule has 3 aliphatic rings. The first-order valence-corrected chi connectivity index (χ1v) is 18.7. The number of amides is 3. The van der Waals surface area contributed by atoms with Gasteiger partial charge in [0.1, 0.15) is 29.3 Å². The van der Waals surface area contributed by atoms with Gasteiger partial charge in [-0.05, 0) is 93.6 Å². The lowest BCUT2D eigenvalue weighted by molar-refractivity contribution is -0.136. The molecule has 1 unspecified atom stereocenters. The fraction of sp³-hybridized carbons (Fsp3) is 0.333. The Morgan fingerprint density at radius 3 is 2.50 bits per heavy atom. The number of anilines is 1. The number of carbonyl (C=O) groups is 3. The molecule has 3 aromatic carbocycles. The number of rotatable bonds is 9. The number of piperidine rings is 2. The van der Waals surface area contributed by atoms with E-state index in [2.05, 4.69) is 36.6 Å². The van der Waals surface area contributed by atoms with Crippen LogP contribution in [0, 0.1) is 18.6 Å². The van der Waals surface area contributed by atoms with Crippen molar-refractivity contribution in [2.24, 2.45) is 0 Å². The molecule has 0 spiro atoms. The minimum atomic E-state index is -2.95. The first-order valence-electron chi connectivity index (χ1n) is 18.7. The van der Waals surface area contributed by atoms with Gasteiger partial charge in [-0.2, -0.15) is 0 Å². The summed E-state index contributed by atoms with van der Waals surface area (Å²) >= 11 is 0. The van der Waals surface area contributed by atoms with Crippen LogP contribution in [0.4, 0.5) is 23.4 Å². The summed E-state index contributed by atoms with van der Waals surface area (Å²) in [6, 6.07) is 15.1. The maximum Gasteiger partial charge on any atom is 0.266 e. The molecule has 3 aliphatic heterocycles. The van der Waals surface area contributed by atoms with Crippen LogP contribution in [0.1, 0.15) is 95.0 Å². The van der Waals surface area contributed by atoms with E-state index in [9.17, 15) is 23.2 Å². The summed E-state index contributed by atoms with van der Waals surface area (Å²) in [7, 11) is 0. The van der Waals surface area contributed by atoms with Crippen molar-refractivity contribution in [3.05, 3.63) is 118 Å². The van der Waals surface area contributed by atoms with Crippen LogP contribution in [0.2, 0.25) is 0 Å². The Balaban J connectivity index is 0.951. The number of carbonyl (C=O) groups excluding carboxylic acids is 3. The van der Waals surface area contributed by atoms with E-state index in [1.165, 1.54) is 18.2 Å². The highest BCUT2D eigenvalue weighted by Gasteiger charge is 2.39. The van der Waals surface area contributed by atoms with Gasteiger partial charge in [-0.25, -0.2) is 27.5 Å². The fourth-order valence-corrected chi connectivity index (χ4v) is 8.14. The number of aromatic nitrogens is 3. The van der Waals surface area contributed by atoms with E-state index in [-0.39, 0.29) is 35.5 Å². The lowest BCUT2D eigenvalue weighted by Gasteiger charge is -2.32. The number of imide groups is 1. The Morgan fingerprint density at radius 2 is 1.73 bits per heavy atom. The summed E-state index contributed by atoms with van der Waals surface area (Å²) in [5.74, 6) is -1.15. The molecule has 8 rings (SSSR count). The number of nitrogens with zero attached hydrogens (tertiary/aromatic N) is 5. The van der Waals surface area contributed by atoms with Crippen molar-refractivity contribution >= 4 is 34.4 Å². The smallest absolute Gasteiger partial charge is 0.266 e. The fourth-order valence-electron chi connectivity index (χ4n) is 8.14. The maximum atomic E-state index is 15.3. The number of alkyl halides is 2. The van der Waals surface area contributed by atoms with Gasteiger partial charge < -0.3 is 10.2 Å². The van der Waals surface area contributed by atoms with Gasteiger partial charge in [0.15, 0.2) is 0 Å². The standard InChI is InChI=1S/C42H39F4N7O3/c1-22(29-4-3-5-31(38(29)44)39(45)46)48-40-32-18-34(47-19-35(32)49-23(2)50-40)26-7-9-33(43)28(17-26)20-52-14-12-24(13-15-52)25-6-8-30-27(16-25)21-53(42(30)56)36-10-11-37(54)51-41(36)55/h3-9,16-19,22,24,36,39H,10-15,20-21H2,1-2H3,(H,48,49,50)(H,51,54,55)/t22-,36?/m1/s1. The largest absolute Gasteiger partial charge is 0.363 e. The number of hydrogen-bond acceptors (Lipinski definition) is 8. The number of hydrogen-bond donors (Lipinski definition) is 2. The third-order valence-electron chi connectivity index (χ3n) is 11.1. The molecule has 2 aromatic heterocycles. The van der Waals surface area contributed by atoms with Gasteiger partial charge >= 0.3 is 0 Å². The average Bonchev–Trinajstić information content (AvgIpc) is 3.50. The van der Waals surface area contributed by atoms with Crippen LogP contribution in [0.5, 0.6) is 0 Å². The molecule has 5 heterocycles. The zero-order valence-electron chi connectivity index (χ0n) is 30.8. The van der Waals surface area contributed by atoms with Crippen molar-refractivity contribution < 1.29 is 31.9 Å². The Kier molecular flexibility index (Phi) is 10.00. The number of halogens is 4. The maximum absolute atomic E-state index is 15.3. The number of pyridine rings is 1. The van der Waals surface area contributed by atoms with Gasteiger partial charge in [0, 0.05) is 47.2 Å². The van der Waals surface area contributed by atoms with Gasteiger partial charge in [-0.15, -0.1) is 0 Å². The van der Waals surface area contributed by atoms with Crippen LogP contribution in [0.25, 0.3) is 22.2 Å². The molecule has 10 nitrogen and oxygen atoms in total. The van der Waals surface area contributed by atoms with Crippen molar-refractivity contribution in [1.82, 2.24) is 30.1 Å². The van der Waals surface area contributed by atoms with Crippen LogP contribution in [-0.4, -0.2) is 61.6 Å². The molecule has 5 aromatic rings. The molecule has 2 saturated heterocycles. The van der Waals surface area contributed by atoms with Gasteiger partial charge in [0.05, 0.1) is 29.0 Å². The molecular weight excluding hydrogens is 726 g/mol. The zero-order valence-corrected chi connectivity index (χ0v) is 30.8. The topological polar surface area (TPSA) is 120 Å². The second-order valence-electron chi connectivity index (χ2n) is 14.8. The molecular formula is C42H39F4N7O3. The number of benzene rings is 3. The lowest BCUT2D eigenvalue weighted by atomic mass is 9.87. The molecule has 0 radical (unpaired) electrons. The summed E-state index contributed by atoms with van der Waals surface area (Å²) in [5.41, 5.74) is 4.31. The molecule has 3 amide bonds. The van der Waals surface area contributed by atoms with Crippen molar-refractivity contribution in [1.29, 1.82) is 0 Å². The predicted molar refractivity (Wildman–Crippen MR) is 201 cm³/mol. The predicted octanol–water partition coefficient (Wildman–Crippen LogP) is 7.53. The normalized spacial score (nSPS) is 18.4. The molecule has 0 bridgehead atoms. The minimum Gasteiger partial charge on any atom is -0.363 e. The molecule has 288 valence electrons. The lowest BCUT2D eigenvalue weighted by Crippen LogP contribution is -2.52. The van der Waals surface area contributed by atoms with E-state index < -0.39 is 35.8 Å². The van der Waals surface area contributed by atoms with E-state index in [1.54, 1.807) is 43.1 Å². The first-order chi connectivity index (χ1) is 26.9. The SMILES string of the molecule is Cc1nc(N[C@H](C)c2cccc(C(F)F)c2F)c2cc(-c3ccc(F)c(CN4CCC(c5ccc6c(c5)CN(C5CCC(=O)NC5=O)C6=O)CC4)c3)ncc2n1. The molecule has 14 heteroatoms. The Morgan fingerprint density at radius 1 is 0.946 bits per heavy atom. The molecule has 2 fully saturated rings. The van der Waals surface area contributed by atoms with Crippen molar-refractivity contribution in [2.45, 2.75) is 77.0 Å². The second-order valence-corrected chi connectivity index (χ2v) is 14.8. The van der Waals surface area contributed by atoms with E-state index in [0.29, 0.717) is 64.4 Å². The van der Waals surface area contributed by atoms with Gasteiger partial charge in [0.25, 0.3) is 12.3 Å². The van der Waals surface area contributed by atoms with Gasteiger partial charge in [-0.3, -0.25) is 29.6 Å². The zero-order chi connectivity index (χ0) is 39.2. The highest BCUT2D eigenvalue weighted by Crippen LogP contribution is 2.35. The van der Waals surface area contributed by atoms with Crippen LogP contribution < -0.4 is 10.6 Å². The summed E-state index contributed by atoms with van der Waals surface area (Å²) in [5, 5.41) is 6.11. The average molecular weight is 766 g/mol.